The molecule has 0 atom stereocenters. The van der Waals surface area contributed by atoms with Crippen LogP contribution in [0.4, 0.5) is 23.3 Å². The number of thiophene rings is 1. The number of nitrogen functional groups attached to an aromatic ring is 1. The zero-order valence-electron chi connectivity index (χ0n) is 18.6. The molecule has 9 heteroatoms. The lowest BCUT2D eigenvalue weighted by atomic mass is 10.1. The molecule has 6 aromatic rings. The second-order valence-electron chi connectivity index (χ2n) is 8.12. The summed E-state index contributed by atoms with van der Waals surface area (Å²) >= 11 is 1.44. The maximum Gasteiger partial charge on any atom is 0.294 e. The molecule has 170 valence electrons. The Balaban J connectivity index is 1.38. The third-order valence-electron chi connectivity index (χ3n) is 5.61. The van der Waals surface area contributed by atoms with E-state index in [1.165, 1.54) is 11.3 Å². The molecule has 0 spiro atoms. The van der Waals surface area contributed by atoms with Crippen molar-refractivity contribution in [3.8, 4) is 0 Å². The number of para-hydroxylation sites is 1. The molecular weight excluding hydrogens is 458 g/mol. The summed E-state index contributed by atoms with van der Waals surface area (Å²) in [5, 5.41) is 10.8. The summed E-state index contributed by atoms with van der Waals surface area (Å²) in [5.41, 5.74) is 8.64. The number of nitrogens with zero attached hydrogens (tertiary/aromatic N) is 4. The Morgan fingerprint density at radius 2 is 1.74 bits per heavy atom. The molecule has 4 N–H and O–H groups in total. The van der Waals surface area contributed by atoms with Crippen LogP contribution in [0.1, 0.15) is 16.2 Å². The number of amides is 1. The third-order valence-corrected chi connectivity index (χ3v) is 6.53. The van der Waals surface area contributed by atoms with Crippen molar-refractivity contribution in [1.82, 2.24) is 19.9 Å². The average Bonchev–Trinajstić information content (AvgIpc) is 3.33. The maximum atomic E-state index is 13.1. The minimum absolute atomic E-state index is 0.00924. The third kappa shape index (κ3) is 3.98. The first-order valence-corrected chi connectivity index (χ1v) is 11.8. The van der Waals surface area contributed by atoms with Crippen LogP contribution < -0.4 is 16.4 Å². The van der Waals surface area contributed by atoms with Crippen molar-refractivity contribution < 1.29 is 4.79 Å². The second kappa shape index (κ2) is 8.30. The summed E-state index contributed by atoms with van der Waals surface area (Å²) in [6.07, 6.45) is 0. The van der Waals surface area contributed by atoms with Crippen molar-refractivity contribution in [2.45, 2.75) is 6.92 Å². The van der Waals surface area contributed by atoms with Gasteiger partial charge in [0.05, 0.1) is 15.7 Å². The van der Waals surface area contributed by atoms with Gasteiger partial charge in [-0.25, -0.2) is 19.9 Å². The van der Waals surface area contributed by atoms with Crippen molar-refractivity contribution in [1.29, 1.82) is 0 Å². The van der Waals surface area contributed by atoms with Crippen LogP contribution in [0.3, 0.4) is 0 Å². The van der Waals surface area contributed by atoms with Crippen molar-refractivity contribution in [2.24, 2.45) is 0 Å². The van der Waals surface area contributed by atoms with Crippen molar-refractivity contribution in [3.05, 3.63) is 83.5 Å². The van der Waals surface area contributed by atoms with Gasteiger partial charge in [-0.2, -0.15) is 0 Å². The van der Waals surface area contributed by atoms with Crippen molar-refractivity contribution >= 4 is 72.4 Å². The Hall–Kier alpha value is -4.63. The Kier molecular flexibility index (Phi) is 4.97. The number of anilines is 4. The largest absolute Gasteiger partial charge is 0.382 e. The summed E-state index contributed by atoms with van der Waals surface area (Å²) in [4.78, 5) is 31.0. The van der Waals surface area contributed by atoms with E-state index in [-0.39, 0.29) is 11.6 Å². The number of nitrogens with two attached hydrogens (primary N) is 1. The molecule has 0 radical (unpaired) electrons. The van der Waals surface area contributed by atoms with Gasteiger partial charge in [-0.05, 0) is 48.0 Å². The van der Waals surface area contributed by atoms with Gasteiger partial charge in [0.25, 0.3) is 5.91 Å². The number of aromatic nitrogens is 4. The number of nitrogens with one attached hydrogen (secondary N) is 2. The van der Waals surface area contributed by atoms with Gasteiger partial charge in [0.2, 0.25) is 5.82 Å². The van der Waals surface area contributed by atoms with Gasteiger partial charge in [-0.3, -0.25) is 4.79 Å². The molecule has 0 saturated heterocycles. The molecule has 4 heterocycles. The van der Waals surface area contributed by atoms with E-state index in [1.54, 1.807) is 0 Å². The number of rotatable bonds is 4. The van der Waals surface area contributed by atoms with Crippen LogP contribution >= 0.6 is 11.3 Å². The molecule has 8 nitrogen and oxygen atoms in total. The topological polar surface area (TPSA) is 119 Å². The molecule has 2 aromatic carbocycles. The first-order chi connectivity index (χ1) is 17.0. The average molecular weight is 478 g/mol. The molecule has 35 heavy (non-hydrogen) atoms. The van der Waals surface area contributed by atoms with Gasteiger partial charge in [-0.15, -0.1) is 11.3 Å². The molecule has 0 aliphatic heterocycles. The monoisotopic (exact) mass is 477 g/mol. The lowest BCUT2D eigenvalue weighted by Gasteiger charge is -2.12. The van der Waals surface area contributed by atoms with E-state index in [0.29, 0.717) is 23.0 Å². The molecule has 1 amide bonds. The zero-order chi connectivity index (χ0) is 23.9. The molecular formula is C26H19N7OS. The number of aryl methyl sites for hydroxylation is 1. The van der Waals surface area contributed by atoms with Crippen LogP contribution in [0.15, 0.2) is 72.1 Å². The predicted molar refractivity (Wildman–Crippen MR) is 141 cm³/mol. The van der Waals surface area contributed by atoms with Gasteiger partial charge in [0.1, 0.15) is 23.3 Å². The predicted octanol–water partition coefficient (Wildman–Crippen LogP) is 5.67. The fourth-order valence-electron chi connectivity index (χ4n) is 3.95. The van der Waals surface area contributed by atoms with Crippen LogP contribution in [0.5, 0.6) is 0 Å². The van der Waals surface area contributed by atoms with E-state index in [0.717, 1.165) is 31.9 Å². The van der Waals surface area contributed by atoms with Gasteiger partial charge < -0.3 is 16.4 Å². The summed E-state index contributed by atoms with van der Waals surface area (Å²) in [6.45, 7) is 2.02. The Morgan fingerprint density at radius 1 is 0.857 bits per heavy atom. The Bertz CT molecular complexity index is 1760. The molecule has 0 unspecified atom stereocenters. The fourth-order valence-corrected chi connectivity index (χ4v) is 4.69. The minimum Gasteiger partial charge on any atom is -0.382 e. The molecule has 0 saturated carbocycles. The van der Waals surface area contributed by atoms with Gasteiger partial charge in [0.15, 0.2) is 0 Å². The highest BCUT2D eigenvalue weighted by Gasteiger charge is 2.17. The Morgan fingerprint density at radius 3 is 2.66 bits per heavy atom. The number of pyridine rings is 2. The van der Waals surface area contributed by atoms with E-state index in [1.807, 2.05) is 79.0 Å². The standard InChI is InChI=1S/C26H19N7OS/c1-14-6-8-17-16(12-14)13-21(30-20-9-7-15-4-2-3-5-18(15)28-20)31-24(17)33-26(34)25-29-19-10-11-35-22(19)23(27)32-25/h2-13H,1H3,(H2,27,29,32)(H2,28,30,31,33,34). The molecule has 0 aliphatic rings. The summed E-state index contributed by atoms with van der Waals surface area (Å²) in [7, 11) is 0. The van der Waals surface area contributed by atoms with E-state index < -0.39 is 5.91 Å². The van der Waals surface area contributed by atoms with Crippen LogP contribution in [-0.2, 0) is 0 Å². The number of hydrogen-bond donors (Lipinski definition) is 3. The molecule has 0 fully saturated rings. The highest BCUT2D eigenvalue weighted by molar-refractivity contribution is 7.17. The van der Waals surface area contributed by atoms with Gasteiger partial charge in [0, 0.05) is 10.8 Å². The molecule has 6 rings (SSSR count). The minimum atomic E-state index is -0.486. The van der Waals surface area contributed by atoms with Crippen molar-refractivity contribution in [3.63, 3.8) is 0 Å². The van der Waals surface area contributed by atoms with Gasteiger partial charge in [-0.1, -0.05) is 42.0 Å². The number of fused-ring (bicyclic) bond motifs is 3. The van der Waals surface area contributed by atoms with Crippen LogP contribution in [0.2, 0.25) is 0 Å². The van der Waals surface area contributed by atoms with E-state index in [2.05, 4.69) is 30.6 Å². The first kappa shape index (κ1) is 20.9. The zero-order valence-corrected chi connectivity index (χ0v) is 19.4. The number of carbonyl (C=O) groups is 1. The molecule has 0 aliphatic carbocycles. The van der Waals surface area contributed by atoms with Crippen LogP contribution in [-0.4, -0.2) is 25.8 Å². The van der Waals surface area contributed by atoms with Crippen LogP contribution in [0, 0.1) is 6.92 Å². The second-order valence-corrected chi connectivity index (χ2v) is 9.03. The SMILES string of the molecule is Cc1ccc2c(NC(=O)c3nc(N)c4sccc4n3)nc(Nc3ccc4ccccc4n3)cc2c1. The summed E-state index contributed by atoms with van der Waals surface area (Å²) in [5.74, 6) is 1.38. The number of benzene rings is 2. The van der Waals surface area contributed by atoms with Crippen LogP contribution in [0.25, 0.3) is 31.9 Å². The lowest BCUT2D eigenvalue weighted by Crippen LogP contribution is -2.17. The van der Waals surface area contributed by atoms with E-state index in [9.17, 15) is 4.79 Å². The highest BCUT2D eigenvalue weighted by atomic mass is 32.1. The number of hydrogen-bond acceptors (Lipinski definition) is 8. The molecule has 0 bridgehead atoms. The number of carbonyl (C=O) groups excluding carboxylic acids is 1. The summed E-state index contributed by atoms with van der Waals surface area (Å²) < 4.78 is 0.759. The highest BCUT2D eigenvalue weighted by Crippen LogP contribution is 2.29. The smallest absolute Gasteiger partial charge is 0.294 e. The van der Waals surface area contributed by atoms with Gasteiger partial charge >= 0.3 is 0 Å². The first-order valence-electron chi connectivity index (χ1n) is 10.9. The lowest BCUT2D eigenvalue weighted by molar-refractivity contribution is 0.101. The quantitative estimate of drug-likeness (QED) is 0.299. The van der Waals surface area contributed by atoms with E-state index in [4.69, 9.17) is 5.73 Å². The molecule has 4 aromatic heterocycles. The summed E-state index contributed by atoms with van der Waals surface area (Å²) in [6, 6.07) is 21.5. The Labute approximate surface area is 203 Å². The normalized spacial score (nSPS) is 11.2. The van der Waals surface area contributed by atoms with Crippen molar-refractivity contribution in [2.75, 3.05) is 16.4 Å². The maximum absolute atomic E-state index is 13.1. The van der Waals surface area contributed by atoms with E-state index >= 15 is 0 Å². The fraction of sp³-hybridized carbons (Fsp3) is 0.0385.